The van der Waals surface area contributed by atoms with Gasteiger partial charge in [0.25, 0.3) is 0 Å². The second-order valence-electron chi connectivity index (χ2n) is 7.41. The predicted molar refractivity (Wildman–Crippen MR) is 106 cm³/mol. The summed E-state index contributed by atoms with van der Waals surface area (Å²) in [6.07, 6.45) is 4.84. The molecule has 0 spiro atoms. The van der Waals surface area contributed by atoms with Crippen molar-refractivity contribution in [2.24, 2.45) is 5.92 Å². The van der Waals surface area contributed by atoms with Crippen molar-refractivity contribution in [3.63, 3.8) is 0 Å². The van der Waals surface area contributed by atoms with Gasteiger partial charge in [0.1, 0.15) is 12.4 Å². The van der Waals surface area contributed by atoms with Crippen LogP contribution < -0.4 is 10.6 Å². The molecule has 0 bridgehead atoms. The summed E-state index contributed by atoms with van der Waals surface area (Å²) >= 11 is 0. The number of amides is 1. The van der Waals surface area contributed by atoms with Gasteiger partial charge in [-0.2, -0.15) is 0 Å². The topological polar surface area (TPSA) is 70.7 Å². The number of likely N-dealkylation sites (N-methyl/N-ethyl adjacent to an activating group) is 1. The number of ether oxygens (including phenoxy) is 1. The zero-order valence-electron chi connectivity index (χ0n) is 17.0. The molecule has 1 aliphatic carbocycles. The highest BCUT2D eigenvalue weighted by atomic mass is 19.1. The minimum absolute atomic E-state index is 0.0656. The highest BCUT2D eigenvalue weighted by Gasteiger charge is 2.31. The van der Waals surface area contributed by atoms with E-state index >= 15 is 0 Å². The second kappa shape index (κ2) is 11.1. The van der Waals surface area contributed by atoms with E-state index in [0.717, 1.165) is 24.8 Å². The summed E-state index contributed by atoms with van der Waals surface area (Å²) in [5.41, 5.74) is 0.859. The van der Waals surface area contributed by atoms with E-state index in [-0.39, 0.29) is 18.3 Å². The summed E-state index contributed by atoms with van der Waals surface area (Å²) in [5.74, 6) is -0.575. The largest absolute Gasteiger partial charge is 0.468 e. The number of nitrogens with zero attached hydrogens (tertiary/aromatic N) is 1. The lowest BCUT2D eigenvalue weighted by Crippen LogP contribution is -2.52. The lowest BCUT2D eigenvalue weighted by Gasteiger charge is -2.36. The van der Waals surface area contributed by atoms with Crippen LogP contribution in [0.1, 0.15) is 31.2 Å². The molecule has 7 heteroatoms. The molecular weight excluding hydrogens is 361 g/mol. The third-order valence-corrected chi connectivity index (χ3v) is 5.59. The molecule has 0 aromatic heterocycles. The zero-order chi connectivity index (χ0) is 20.5. The number of hydrogen-bond donors (Lipinski definition) is 2. The van der Waals surface area contributed by atoms with Gasteiger partial charge in [0.05, 0.1) is 13.2 Å². The summed E-state index contributed by atoms with van der Waals surface area (Å²) < 4.78 is 18.0. The van der Waals surface area contributed by atoms with Crippen LogP contribution >= 0.6 is 0 Å². The van der Waals surface area contributed by atoms with Gasteiger partial charge < -0.3 is 20.3 Å². The monoisotopic (exact) mass is 393 g/mol. The van der Waals surface area contributed by atoms with Gasteiger partial charge in [-0.25, -0.2) is 4.39 Å². The minimum Gasteiger partial charge on any atom is -0.468 e. The highest BCUT2D eigenvalue weighted by Crippen LogP contribution is 2.25. The molecular formula is C21H32FN3O3. The van der Waals surface area contributed by atoms with Gasteiger partial charge in [0.2, 0.25) is 5.91 Å². The molecule has 156 valence electrons. The van der Waals surface area contributed by atoms with Crippen LogP contribution in [0, 0.1) is 11.7 Å². The van der Waals surface area contributed by atoms with Crippen molar-refractivity contribution in [1.29, 1.82) is 0 Å². The molecule has 28 heavy (non-hydrogen) atoms. The summed E-state index contributed by atoms with van der Waals surface area (Å²) in [5, 5.41) is 6.40. The number of methoxy groups -OCH3 is 1. The van der Waals surface area contributed by atoms with Crippen molar-refractivity contribution >= 4 is 11.9 Å². The summed E-state index contributed by atoms with van der Waals surface area (Å²) in [6, 6.07) is 5.97. The van der Waals surface area contributed by atoms with Crippen molar-refractivity contribution in [1.82, 2.24) is 15.5 Å². The quantitative estimate of drug-likeness (QED) is 0.626. The number of carbonyl (C=O) groups excluding carboxylic acids is 2. The van der Waals surface area contributed by atoms with E-state index in [0.29, 0.717) is 24.9 Å². The summed E-state index contributed by atoms with van der Waals surface area (Å²) in [6.45, 7) is 0.449. The maximum atomic E-state index is 13.2. The van der Waals surface area contributed by atoms with Gasteiger partial charge in [0, 0.05) is 12.6 Å². The third kappa shape index (κ3) is 6.27. The van der Waals surface area contributed by atoms with Crippen LogP contribution in [0.2, 0.25) is 0 Å². The SMILES string of the molecule is CN[C@@H](Cc1ccc(F)cc1)C(=O)N(CC(=O)OC)C[C@@H]1CCCC[C@H]1NC. The van der Waals surface area contributed by atoms with Crippen LogP contribution in [0.25, 0.3) is 0 Å². The Balaban J connectivity index is 2.13. The van der Waals surface area contributed by atoms with E-state index in [2.05, 4.69) is 10.6 Å². The molecule has 3 atom stereocenters. The molecule has 1 saturated carbocycles. The molecule has 0 heterocycles. The molecule has 1 aromatic rings. The Bertz CT molecular complexity index is 638. The van der Waals surface area contributed by atoms with Crippen LogP contribution in [0.3, 0.4) is 0 Å². The van der Waals surface area contributed by atoms with E-state index in [1.807, 2.05) is 7.05 Å². The van der Waals surface area contributed by atoms with Gasteiger partial charge in [-0.05, 0) is 57.0 Å². The predicted octanol–water partition coefficient (Wildman–Crippen LogP) is 1.74. The van der Waals surface area contributed by atoms with Crippen LogP contribution in [0.5, 0.6) is 0 Å². The van der Waals surface area contributed by atoms with Gasteiger partial charge in [-0.15, -0.1) is 0 Å². The van der Waals surface area contributed by atoms with E-state index in [1.54, 1.807) is 24.1 Å². The van der Waals surface area contributed by atoms with Crippen molar-refractivity contribution in [3.8, 4) is 0 Å². The number of halogens is 1. The van der Waals surface area contributed by atoms with E-state index in [1.165, 1.54) is 25.7 Å². The molecule has 1 fully saturated rings. The Hall–Kier alpha value is -1.99. The Morgan fingerprint density at radius 2 is 1.89 bits per heavy atom. The number of carbonyl (C=O) groups is 2. The standard InChI is InChI=1S/C21H32FN3O3/c1-23-18-7-5-4-6-16(18)13-25(14-20(26)28-3)21(27)19(24-2)12-15-8-10-17(22)11-9-15/h8-11,16,18-19,23-24H,4-7,12-14H2,1-3H3/t16-,18+,19-/m0/s1. The fraction of sp³-hybridized carbons (Fsp3) is 0.619. The molecule has 2 N–H and O–H groups in total. The maximum absolute atomic E-state index is 13.2. The van der Waals surface area contributed by atoms with Crippen LogP contribution in [0.4, 0.5) is 4.39 Å². The van der Waals surface area contributed by atoms with Gasteiger partial charge >= 0.3 is 5.97 Å². The Morgan fingerprint density at radius 1 is 1.21 bits per heavy atom. The first kappa shape index (κ1) is 22.3. The third-order valence-electron chi connectivity index (χ3n) is 5.59. The first-order chi connectivity index (χ1) is 13.5. The van der Waals surface area contributed by atoms with E-state index in [9.17, 15) is 14.0 Å². The van der Waals surface area contributed by atoms with E-state index in [4.69, 9.17) is 4.74 Å². The maximum Gasteiger partial charge on any atom is 0.325 e. The molecule has 1 aliphatic rings. The zero-order valence-corrected chi connectivity index (χ0v) is 17.0. The molecule has 0 unspecified atom stereocenters. The first-order valence-corrected chi connectivity index (χ1v) is 9.93. The molecule has 0 saturated heterocycles. The highest BCUT2D eigenvalue weighted by molar-refractivity contribution is 5.86. The molecule has 2 rings (SSSR count). The molecule has 0 aliphatic heterocycles. The van der Waals surface area contributed by atoms with Gasteiger partial charge in [0.15, 0.2) is 0 Å². The van der Waals surface area contributed by atoms with Crippen molar-refractivity contribution in [2.45, 2.75) is 44.2 Å². The van der Waals surface area contributed by atoms with Crippen LogP contribution in [-0.4, -0.2) is 63.2 Å². The smallest absolute Gasteiger partial charge is 0.325 e. The second-order valence-corrected chi connectivity index (χ2v) is 7.41. The molecule has 1 aromatic carbocycles. The van der Waals surface area contributed by atoms with Gasteiger partial charge in [-0.1, -0.05) is 25.0 Å². The fourth-order valence-corrected chi connectivity index (χ4v) is 3.93. The van der Waals surface area contributed by atoms with Crippen molar-refractivity contribution < 1.29 is 18.7 Å². The molecule has 6 nitrogen and oxygen atoms in total. The number of hydrogen-bond acceptors (Lipinski definition) is 5. The Morgan fingerprint density at radius 3 is 2.50 bits per heavy atom. The van der Waals surface area contributed by atoms with E-state index < -0.39 is 12.0 Å². The number of esters is 1. The van der Waals surface area contributed by atoms with Crippen molar-refractivity contribution in [3.05, 3.63) is 35.6 Å². The molecule has 1 amide bonds. The first-order valence-electron chi connectivity index (χ1n) is 9.93. The lowest BCUT2D eigenvalue weighted by molar-refractivity contribution is -0.148. The summed E-state index contributed by atoms with van der Waals surface area (Å²) in [7, 11) is 5.00. The van der Waals surface area contributed by atoms with Crippen molar-refractivity contribution in [2.75, 3.05) is 34.3 Å². The minimum atomic E-state index is -0.494. The molecule has 0 radical (unpaired) electrons. The van der Waals surface area contributed by atoms with Crippen LogP contribution in [0.15, 0.2) is 24.3 Å². The fourth-order valence-electron chi connectivity index (χ4n) is 3.93. The summed E-state index contributed by atoms with van der Waals surface area (Å²) in [4.78, 5) is 26.8. The average Bonchev–Trinajstić information content (AvgIpc) is 2.72. The number of benzene rings is 1. The normalized spacial score (nSPS) is 20.4. The average molecular weight is 394 g/mol. The number of rotatable bonds is 9. The van der Waals surface area contributed by atoms with Gasteiger partial charge in [-0.3, -0.25) is 9.59 Å². The Labute approximate surface area is 166 Å². The van der Waals surface area contributed by atoms with Crippen LogP contribution in [-0.2, 0) is 20.7 Å². The lowest BCUT2D eigenvalue weighted by atomic mass is 9.84. The number of nitrogens with one attached hydrogen (secondary N) is 2. The Kier molecular flexibility index (Phi) is 8.86.